The number of amides is 2. The lowest BCUT2D eigenvalue weighted by Gasteiger charge is -2.20. The van der Waals surface area contributed by atoms with E-state index >= 15 is 0 Å². The molecular formula is C26H42N10O4. The molecule has 0 bridgehead atoms. The second-order valence-corrected chi connectivity index (χ2v) is 9.77. The van der Waals surface area contributed by atoms with Crippen molar-refractivity contribution in [3.63, 3.8) is 0 Å². The maximum absolute atomic E-state index is 12.6. The number of benzene rings is 1. The molecule has 1 aromatic carbocycles. The first-order valence-corrected chi connectivity index (χ1v) is 13.3. The van der Waals surface area contributed by atoms with Crippen LogP contribution < -0.4 is 44.2 Å². The lowest BCUT2D eigenvalue weighted by Crippen LogP contribution is -2.51. The zero-order valence-electron chi connectivity index (χ0n) is 22.9. The molecule has 220 valence electrons. The molecule has 1 unspecified atom stereocenters. The van der Waals surface area contributed by atoms with Crippen LogP contribution in [0.5, 0.6) is 0 Å². The maximum atomic E-state index is 12.6. The number of nitrogens with one attached hydrogen (secondary N) is 5. The second-order valence-electron chi connectivity index (χ2n) is 9.77. The fraction of sp³-hybridized carbons (Fsp3) is 0.500. The van der Waals surface area contributed by atoms with Crippen molar-refractivity contribution in [3.8, 4) is 0 Å². The molecule has 12 N–H and O–H groups in total. The van der Waals surface area contributed by atoms with Crippen molar-refractivity contribution in [3.05, 3.63) is 52.6 Å². The van der Waals surface area contributed by atoms with E-state index in [1.54, 1.807) is 12.3 Å². The molecule has 0 spiro atoms. The quantitative estimate of drug-likeness (QED) is 0.0684. The number of guanidine groups is 1. The molecule has 0 aliphatic carbocycles. The van der Waals surface area contributed by atoms with E-state index in [0.717, 1.165) is 38.6 Å². The Morgan fingerprint density at radius 1 is 1.10 bits per heavy atom. The van der Waals surface area contributed by atoms with Crippen LogP contribution in [0, 0.1) is 5.41 Å². The van der Waals surface area contributed by atoms with Crippen LogP contribution in [0.2, 0.25) is 0 Å². The van der Waals surface area contributed by atoms with Gasteiger partial charge >= 0.3 is 5.69 Å². The Morgan fingerprint density at radius 3 is 2.42 bits per heavy atom. The van der Waals surface area contributed by atoms with Crippen molar-refractivity contribution < 1.29 is 14.7 Å². The third-order valence-corrected chi connectivity index (χ3v) is 6.18. The molecule has 2 rings (SSSR count). The van der Waals surface area contributed by atoms with Crippen LogP contribution in [0.1, 0.15) is 49.4 Å². The topological polar surface area (TPSA) is 239 Å². The number of aromatic nitrogens is 2. The van der Waals surface area contributed by atoms with Gasteiger partial charge in [0.25, 0.3) is 5.91 Å². The number of nitrogens with two attached hydrogens (primary N) is 3. The predicted molar refractivity (Wildman–Crippen MR) is 155 cm³/mol. The molecule has 0 saturated carbocycles. The van der Waals surface area contributed by atoms with Crippen molar-refractivity contribution >= 4 is 29.3 Å². The van der Waals surface area contributed by atoms with Crippen molar-refractivity contribution in [2.45, 2.75) is 57.2 Å². The van der Waals surface area contributed by atoms with Crippen molar-refractivity contribution in [1.29, 1.82) is 5.41 Å². The molecule has 0 aliphatic rings. The minimum absolute atomic E-state index is 0.0440. The summed E-state index contributed by atoms with van der Waals surface area (Å²) in [5.74, 6) is -0.938. The highest BCUT2D eigenvalue weighted by atomic mass is 16.3. The summed E-state index contributed by atoms with van der Waals surface area (Å²) in [5, 5.41) is 27.9. The van der Waals surface area contributed by atoms with Gasteiger partial charge in [-0.15, -0.1) is 0 Å². The first-order chi connectivity index (χ1) is 19.1. The Bertz CT molecular complexity index is 1170. The van der Waals surface area contributed by atoms with E-state index in [9.17, 15) is 19.5 Å². The number of rotatable bonds is 17. The van der Waals surface area contributed by atoms with E-state index in [4.69, 9.17) is 22.6 Å². The molecule has 1 aromatic heterocycles. The summed E-state index contributed by atoms with van der Waals surface area (Å²) in [6.45, 7) is 3.41. The largest absolute Gasteiger partial charge is 0.394 e. The first-order valence-electron chi connectivity index (χ1n) is 13.3. The minimum Gasteiger partial charge on any atom is -0.394 e. The molecule has 40 heavy (non-hydrogen) atoms. The molecular weight excluding hydrogens is 516 g/mol. The van der Waals surface area contributed by atoms with Crippen molar-refractivity contribution in [1.82, 2.24) is 20.2 Å². The summed E-state index contributed by atoms with van der Waals surface area (Å²) in [6, 6.07) is 7.89. The van der Waals surface area contributed by atoms with Gasteiger partial charge < -0.3 is 43.6 Å². The summed E-state index contributed by atoms with van der Waals surface area (Å²) in [4.78, 5) is 41.2. The summed E-state index contributed by atoms with van der Waals surface area (Å²) in [5.41, 5.74) is 15.4. The third kappa shape index (κ3) is 11.1. The number of aliphatic hydroxyl groups excluding tert-OH is 1. The zero-order valence-corrected chi connectivity index (χ0v) is 22.9. The van der Waals surface area contributed by atoms with Crippen molar-refractivity contribution in [2.75, 3.05) is 36.9 Å². The van der Waals surface area contributed by atoms with Crippen LogP contribution in [-0.4, -0.2) is 70.3 Å². The Hall–Kier alpha value is -3.85. The standard InChI is InChI=1S/C26H42N10O4/c1-26(30,17-37)23(39)33-20-9-7-18(8-10-20)22(38)34-21-11-16-36(25(40)35-21)15-3-6-19(31-14-4-12-27)5-2-13-32-24(28)29/h7-11,16,19,31,37H,2-6,12-15,17,27,30H2,1H3,(H,33,39)(H4,28,29,32)(H,34,35,38,40)/t19-,26?/m0/s1. The van der Waals surface area contributed by atoms with Crippen LogP contribution in [0.4, 0.5) is 11.5 Å². The second kappa shape index (κ2) is 16.3. The van der Waals surface area contributed by atoms with Crippen molar-refractivity contribution in [2.24, 2.45) is 17.2 Å². The van der Waals surface area contributed by atoms with Gasteiger partial charge in [-0.25, -0.2) is 4.79 Å². The molecule has 14 nitrogen and oxygen atoms in total. The maximum Gasteiger partial charge on any atom is 0.349 e. The Morgan fingerprint density at radius 2 is 1.80 bits per heavy atom. The smallest absolute Gasteiger partial charge is 0.349 e. The fourth-order valence-electron chi connectivity index (χ4n) is 3.74. The lowest BCUT2D eigenvalue weighted by molar-refractivity contribution is -0.121. The number of aryl methyl sites for hydroxylation is 1. The molecule has 2 aromatic rings. The van der Waals surface area contributed by atoms with Crippen LogP contribution in [-0.2, 0) is 11.3 Å². The van der Waals surface area contributed by atoms with Gasteiger partial charge in [0.2, 0.25) is 5.91 Å². The molecule has 14 heteroatoms. The molecule has 0 saturated heterocycles. The number of carbonyl (C=O) groups is 2. The average Bonchev–Trinajstić information content (AvgIpc) is 2.92. The highest BCUT2D eigenvalue weighted by molar-refractivity contribution is 6.04. The van der Waals surface area contributed by atoms with Gasteiger partial charge in [0, 0.05) is 36.6 Å². The predicted octanol–water partition coefficient (Wildman–Crippen LogP) is -0.506. The van der Waals surface area contributed by atoms with E-state index in [1.807, 2.05) is 0 Å². The number of aliphatic hydroxyl groups is 1. The van der Waals surface area contributed by atoms with Gasteiger partial charge in [-0.1, -0.05) is 0 Å². The van der Waals surface area contributed by atoms with E-state index in [2.05, 4.69) is 26.3 Å². The highest BCUT2D eigenvalue weighted by Crippen LogP contribution is 2.13. The van der Waals surface area contributed by atoms with Crippen LogP contribution in [0.15, 0.2) is 41.3 Å². The molecule has 2 amide bonds. The van der Waals surface area contributed by atoms with Gasteiger partial charge in [-0.2, -0.15) is 4.98 Å². The van der Waals surface area contributed by atoms with Gasteiger partial charge in [-0.3, -0.25) is 19.6 Å². The zero-order chi connectivity index (χ0) is 29.5. The molecule has 2 atom stereocenters. The average molecular weight is 559 g/mol. The fourth-order valence-corrected chi connectivity index (χ4v) is 3.74. The number of nitrogens with zero attached hydrogens (tertiary/aromatic N) is 2. The molecule has 0 fully saturated rings. The summed E-state index contributed by atoms with van der Waals surface area (Å²) in [6.07, 6.45) is 5.81. The Labute approximate surface area is 233 Å². The van der Waals surface area contributed by atoms with E-state index in [1.165, 1.54) is 35.8 Å². The van der Waals surface area contributed by atoms with Gasteiger partial charge in [-0.05, 0) is 82.4 Å². The summed E-state index contributed by atoms with van der Waals surface area (Å²) < 4.78 is 1.50. The first kappa shape index (κ1) is 32.4. The number of hydrogen-bond donors (Lipinski definition) is 9. The molecule has 0 aliphatic heterocycles. The normalized spacial score (nSPS) is 13.2. The van der Waals surface area contributed by atoms with Gasteiger partial charge in [0.1, 0.15) is 11.4 Å². The van der Waals surface area contributed by atoms with Gasteiger partial charge in [0.05, 0.1) is 6.61 Å². The van der Waals surface area contributed by atoms with Crippen LogP contribution >= 0.6 is 0 Å². The van der Waals surface area contributed by atoms with Gasteiger partial charge in [0.15, 0.2) is 5.96 Å². The van der Waals surface area contributed by atoms with E-state index < -0.39 is 29.6 Å². The van der Waals surface area contributed by atoms with Crippen LogP contribution in [0.25, 0.3) is 0 Å². The van der Waals surface area contributed by atoms with E-state index in [0.29, 0.717) is 30.9 Å². The molecule has 1 heterocycles. The number of anilines is 2. The SMILES string of the molecule is CC(N)(CO)C(=O)Nc1ccc(C(=O)Nc2ccn(CCC[C@H](CCCNC(=N)N)NCCCN)c(=O)n2)cc1. The number of carbonyl (C=O) groups excluding carboxylic acids is 2. The highest BCUT2D eigenvalue weighted by Gasteiger charge is 2.27. The summed E-state index contributed by atoms with van der Waals surface area (Å²) >= 11 is 0. The van der Waals surface area contributed by atoms with E-state index in [-0.39, 0.29) is 17.8 Å². The monoisotopic (exact) mass is 558 g/mol. The minimum atomic E-state index is -1.43. The van der Waals surface area contributed by atoms with Crippen LogP contribution in [0.3, 0.4) is 0 Å². The third-order valence-electron chi connectivity index (χ3n) is 6.18. The number of hydrogen-bond acceptors (Lipinski definition) is 9. The Kier molecular flexibility index (Phi) is 13.2. The Balaban J connectivity index is 1.89. The lowest BCUT2D eigenvalue weighted by atomic mass is 10.0. The molecule has 0 radical (unpaired) electrons. The summed E-state index contributed by atoms with van der Waals surface area (Å²) in [7, 11) is 0.